The van der Waals surface area contributed by atoms with Crippen molar-refractivity contribution >= 4 is 5.78 Å². The number of carbonyl (C=O) groups is 1. The van der Waals surface area contributed by atoms with Crippen LogP contribution in [0.1, 0.15) is 23.7 Å². The van der Waals surface area contributed by atoms with E-state index in [2.05, 4.69) is 0 Å². The fourth-order valence-electron chi connectivity index (χ4n) is 1.72. The molecule has 1 aliphatic heterocycles. The Bertz CT molecular complexity index is 412. The van der Waals surface area contributed by atoms with Crippen molar-refractivity contribution in [2.24, 2.45) is 0 Å². The van der Waals surface area contributed by atoms with Gasteiger partial charge in [-0.1, -0.05) is 0 Å². The molecule has 16 heavy (non-hydrogen) atoms. The Hall–Kier alpha value is -1.71. The molecule has 4 heteroatoms. The van der Waals surface area contributed by atoms with E-state index >= 15 is 0 Å². The zero-order valence-electron chi connectivity index (χ0n) is 9.41. The third kappa shape index (κ3) is 1.83. The molecule has 86 valence electrons. The molecule has 1 aliphatic rings. The van der Waals surface area contributed by atoms with Crippen LogP contribution in [0.15, 0.2) is 12.1 Å². The SMILES string of the molecule is COc1ccc2c(c1C(C)=O)OCCCO2. The van der Waals surface area contributed by atoms with Crippen LogP contribution in [0.2, 0.25) is 0 Å². The van der Waals surface area contributed by atoms with Gasteiger partial charge in [0.25, 0.3) is 0 Å². The van der Waals surface area contributed by atoms with Crippen LogP contribution < -0.4 is 14.2 Å². The minimum Gasteiger partial charge on any atom is -0.496 e. The number of carbonyl (C=O) groups excluding carboxylic acids is 1. The van der Waals surface area contributed by atoms with E-state index in [0.717, 1.165) is 6.42 Å². The second-order valence-electron chi connectivity index (χ2n) is 3.58. The summed E-state index contributed by atoms with van der Waals surface area (Å²) in [7, 11) is 1.53. The van der Waals surface area contributed by atoms with Crippen LogP contribution in [-0.4, -0.2) is 26.1 Å². The van der Waals surface area contributed by atoms with Crippen molar-refractivity contribution in [3.05, 3.63) is 17.7 Å². The van der Waals surface area contributed by atoms with Gasteiger partial charge in [-0.15, -0.1) is 0 Å². The lowest BCUT2D eigenvalue weighted by Crippen LogP contribution is -2.03. The number of benzene rings is 1. The van der Waals surface area contributed by atoms with Crippen molar-refractivity contribution in [3.63, 3.8) is 0 Å². The molecular weight excluding hydrogens is 208 g/mol. The molecule has 1 heterocycles. The summed E-state index contributed by atoms with van der Waals surface area (Å²) in [6.07, 6.45) is 0.814. The lowest BCUT2D eigenvalue weighted by molar-refractivity contribution is 0.101. The molecule has 0 fully saturated rings. The van der Waals surface area contributed by atoms with Gasteiger partial charge in [-0.3, -0.25) is 4.79 Å². The fourth-order valence-corrected chi connectivity index (χ4v) is 1.72. The van der Waals surface area contributed by atoms with Crippen LogP contribution in [0.5, 0.6) is 17.2 Å². The van der Waals surface area contributed by atoms with Gasteiger partial charge in [-0.25, -0.2) is 0 Å². The highest BCUT2D eigenvalue weighted by atomic mass is 16.5. The van der Waals surface area contributed by atoms with Gasteiger partial charge in [-0.2, -0.15) is 0 Å². The summed E-state index contributed by atoms with van der Waals surface area (Å²) in [6.45, 7) is 2.66. The van der Waals surface area contributed by atoms with E-state index in [1.807, 2.05) is 0 Å². The largest absolute Gasteiger partial charge is 0.496 e. The maximum atomic E-state index is 11.6. The van der Waals surface area contributed by atoms with Crippen LogP contribution in [0.3, 0.4) is 0 Å². The van der Waals surface area contributed by atoms with Crippen LogP contribution in [0.25, 0.3) is 0 Å². The predicted molar refractivity (Wildman–Crippen MR) is 58.6 cm³/mol. The van der Waals surface area contributed by atoms with E-state index in [-0.39, 0.29) is 5.78 Å². The predicted octanol–water partition coefficient (Wildman–Crippen LogP) is 2.06. The summed E-state index contributed by atoms with van der Waals surface area (Å²) in [5.41, 5.74) is 0.460. The first-order chi connectivity index (χ1) is 7.74. The third-order valence-corrected chi connectivity index (χ3v) is 2.45. The van der Waals surface area contributed by atoms with Crippen molar-refractivity contribution in [1.29, 1.82) is 0 Å². The molecule has 2 rings (SSSR count). The van der Waals surface area contributed by atoms with Crippen molar-refractivity contribution in [1.82, 2.24) is 0 Å². The molecule has 0 aromatic heterocycles. The lowest BCUT2D eigenvalue weighted by atomic mass is 10.1. The zero-order valence-corrected chi connectivity index (χ0v) is 9.41. The summed E-state index contributed by atoms with van der Waals surface area (Å²) < 4.78 is 16.2. The third-order valence-electron chi connectivity index (χ3n) is 2.45. The molecule has 0 atom stereocenters. The van der Waals surface area contributed by atoms with E-state index in [4.69, 9.17) is 14.2 Å². The number of methoxy groups -OCH3 is 1. The highest BCUT2D eigenvalue weighted by Gasteiger charge is 2.21. The van der Waals surface area contributed by atoms with Gasteiger partial charge in [-0.05, 0) is 19.1 Å². The van der Waals surface area contributed by atoms with Crippen molar-refractivity contribution in [3.8, 4) is 17.2 Å². The normalized spacial score (nSPS) is 14.1. The Morgan fingerprint density at radius 2 is 2.06 bits per heavy atom. The van der Waals surface area contributed by atoms with E-state index in [0.29, 0.717) is 36.0 Å². The maximum absolute atomic E-state index is 11.6. The summed E-state index contributed by atoms with van der Waals surface area (Å²) >= 11 is 0. The van der Waals surface area contributed by atoms with Crippen LogP contribution >= 0.6 is 0 Å². The molecule has 0 aliphatic carbocycles. The van der Waals surface area contributed by atoms with E-state index < -0.39 is 0 Å². The van der Waals surface area contributed by atoms with E-state index in [9.17, 15) is 4.79 Å². The molecule has 0 radical (unpaired) electrons. The molecule has 0 saturated carbocycles. The van der Waals surface area contributed by atoms with Gasteiger partial charge < -0.3 is 14.2 Å². The van der Waals surface area contributed by atoms with E-state index in [1.165, 1.54) is 14.0 Å². The molecule has 0 spiro atoms. The Labute approximate surface area is 94.1 Å². The molecule has 0 N–H and O–H groups in total. The highest BCUT2D eigenvalue weighted by Crippen LogP contribution is 2.39. The summed E-state index contributed by atoms with van der Waals surface area (Å²) in [5.74, 6) is 1.56. The number of ketones is 1. The van der Waals surface area contributed by atoms with Gasteiger partial charge in [0.05, 0.1) is 20.3 Å². The van der Waals surface area contributed by atoms with Gasteiger partial charge >= 0.3 is 0 Å². The Kier molecular flexibility index (Phi) is 2.99. The number of Topliss-reactive ketones (excluding diaryl/α,β-unsaturated/α-hetero) is 1. The monoisotopic (exact) mass is 222 g/mol. The first-order valence-corrected chi connectivity index (χ1v) is 5.21. The molecule has 4 nitrogen and oxygen atoms in total. The quantitative estimate of drug-likeness (QED) is 0.718. The average Bonchev–Trinajstić information content (AvgIpc) is 2.51. The Morgan fingerprint density at radius 3 is 2.75 bits per heavy atom. The maximum Gasteiger partial charge on any atom is 0.175 e. The topological polar surface area (TPSA) is 44.8 Å². The number of fused-ring (bicyclic) bond motifs is 1. The zero-order chi connectivity index (χ0) is 11.5. The van der Waals surface area contributed by atoms with Crippen LogP contribution in [0.4, 0.5) is 0 Å². The first-order valence-electron chi connectivity index (χ1n) is 5.21. The minimum atomic E-state index is -0.0841. The standard InChI is InChI=1S/C12H14O4/c1-8(13)11-9(14-2)4-5-10-12(11)16-7-3-6-15-10/h4-5H,3,6-7H2,1-2H3. The second-order valence-corrected chi connectivity index (χ2v) is 3.58. The Balaban J connectivity index is 2.56. The van der Waals surface area contributed by atoms with Crippen molar-refractivity contribution in [2.75, 3.05) is 20.3 Å². The molecule has 0 bridgehead atoms. The molecule has 0 saturated heterocycles. The second kappa shape index (κ2) is 4.43. The molecule has 1 aromatic rings. The molecule has 0 amide bonds. The lowest BCUT2D eigenvalue weighted by Gasteiger charge is -2.13. The average molecular weight is 222 g/mol. The van der Waals surface area contributed by atoms with Gasteiger partial charge in [0.15, 0.2) is 17.3 Å². The van der Waals surface area contributed by atoms with Crippen molar-refractivity contribution in [2.45, 2.75) is 13.3 Å². The van der Waals surface area contributed by atoms with Gasteiger partial charge in [0.1, 0.15) is 11.3 Å². The number of hydrogen-bond donors (Lipinski definition) is 0. The van der Waals surface area contributed by atoms with Crippen molar-refractivity contribution < 1.29 is 19.0 Å². The minimum absolute atomic E-state index is 0.0841. The summed E-state index contributed by atoms with van der Waals surface area (Å²) in [4.78, 5) is 11.6. The number of hydrogen-bond acceptors (Lipinski definition) is 4. The smallest absolute Gasteiger partial charge is 0.175 e. The van der Waals surface area contributed by atoms with E-state index in [1.54, 1.807) is 12.1 Å². The summed E-state index contributed by atoms with van der Waals surface area (Å²) in [6, 6.07) is 3.50. The van der Waals surface area contributed by atoms with Crippen LogP contribution in [0, 0.1) is 0 Å². The van der Waals surface area contributed by atoms with Crippen LogP contribution in [-0.2, 0) is 0 Å². The first kappa shape index (κ1) is 10.8. The highest BCUT2D eigenvalue weighted by molar-refractivity contribution is 6.00. The number of rotatable bonds is 2. The molecule has 1 aromatic carbocycles. The number of ether oxygens (including phenoxy) is 3. The van der Waals surface area contributed by atoms with Gasteiger partial charge in [0, 0.05) is 6.42 Å². The molecule has 0 unspecified atom stereocenters. The fraction of sp³-hybridized carbons (Fsp3) is 0.417. The Morgan fingerprint density at radius 1 is 1.31 bits per heavy atom. The van der Waals surface area contributed by atoms with Gasteiger partial charge in [0.2, 0.25) is 0 Å². The molecular formula is C12H14O4. The summed E-state index contributed by atoms with van der Waals surface area (Å²) in [5, 5.41) is 0.